The first-order valence-electron chi connectivity index (χ1n) is 5.47. The van der Waals surface area contributed by atoms with Crippen molar-refractivity contribution in [2.45, 2.75) is 20.4 Å². The number of fused-ring (bicyclic) bond motifs is 1. The fraction of sp³-hybridized carbons (Fsp3) is 0.364. The zero-order chi connectivity index (χ0) is 13.5. The average Bonchev–Trinajstić information content (AvgIpc) is 2.59. The minimum atomic E-state index is -3.68. The fourth-order valence-electron chi connectivity index (χ4n) is 1.70. The molecule has 3 N–H and O–H groups in total. The number of hydrogen-bond acceptors (Lipinski definition) is 3. The third kappa shape index (κ3) is 2.53. The summed E-state index contributed by atoms with van der Waals surface area (Å²) in [6, 6.07) is 3.97. The van der Waals surface area contributed by atoms with Gasteiger partial charge in [-0.3, -0.25) is 0 Å². The van der Waals surface area contributed by atoms with Crippen LogP contribution in [0.5, 0.6) is 0 Å². The van der Waals surface area contributed by atoms with Crippen molar-refractivity contribution in [1.29, 1.82) is 0 Å². The van der Waals surface area contributed by atoms with Crippen LogP contribution in [0.25, 0.3) is 11.0 Å². The summed E-state index contributed by atoms with van der Waals surface area (Å²) in [6.45, 7) is 4.16. The second-order valence-corrected chi connectivity index (χ2v) is 6.09. The Morgan fingerprint density at radius 1 is 1.33 bits per heavy atom. The maximum atomic E-state index is 11.1. The third-order valence-electron chi connectivity index (χ3n) is 2.95. The van der Waals surface area contributed by atoms with Crippen molar-refractivity contribution in [3.05, 3.63) is 29.1 Å². The van der Waals surface area contributed by atoms with Gasteiger partial charge in [0, 0.05) is 7.05 Å². The van der Waals surface area contributed by atoms with Crippen LogP contribution in [0.15, 0.2) is 12.1 Å². The van der Waals surface area contributed by atoms with E-state index < -0.39 is 10.2 Å². The number of nitrogens with two attached hydrogens (primary N) is 1. The standard InChI is InChI=1S/C11H16N4O2S/c1-7-4-9-10(5-8(7)2)14-11(13-9)6-15(3)18(12,16)17/h4-5H,6H2,1-3H3,(H,13,14)(H2,12,16,17). The van der Waals surface area contributed by atoms with E-state index in [0.717, 1.165) is 26.5 Å². The zero-order valence-corrected chi connectivity index (χ0v) is 11.4. The topological polar surface area (TPSA) is 92.1 Å². The fourth-order valence-corrected chi connectivity index (χ4v) is 2.00. The molecule has 0 aliphatic carbocycles. The van der Waals surface area contributed by atoms with E-state index in [1.54, 1.807) is 0 Å². The molecule has 0 radical (unpaired) electrons. The second kappa shape index (κ2) is 4.34. The van der Waals surface area contributed by atoms with Crippen molar-refractivity contribution < 1.29 is 8.42 Å². The van der Waals surface area contributed by atoms with Crippen LogP contribution >= 0.6 is 0 Å². The molecule has 0 aliphatic rings. The Morgan fingerprint density at radius 3 is 2.56 bits per heavy atom. The molecule has 0 atom stereocenters. The van der Waals surface area contributed by atoms with Crippen LogP contribution in [0, 0.1) is 13.8 Å². The Balaban J connectivity index is 2.37. The summed E-state index contributed by atoms with van der Waals surface area (Å²) >= 11 is 0. The first kappa shape index (κ1) is 13.0. The van der Waals surface area contributed by atoms with Gasteiger partial charge in [0.1, 0.15) is 5.82 Å². The predicted molar refractivity (Wildman–Crippen MR) is 70.1 cm³/mol. The number of aromatic nitrogens is 2. The summed E-state index contributed by atoms with van der Waals surface area (Å²) in [6.07, 6.45) is 0. The van der Waals surface area contributed by atoms with Gasteiger partial charge in [-0.1, -0.05) is 0 Å². The van der Waals surface area contributed by atoms with Crippen LogP contribution in [-0.2, 0) is 16.8 Å². The van der Waals surface area contributed by atoms with E-state index in [9.17, 15) is 8.42 Å². The molecular formula is C11H16N4O2S. The quantitative estimate of drug-likeness (QED) is 0.863. The van der Waals surface area contributed by atoms with E-state index in [-0.39, 0.29) is 6.54 Å². The molecule has 0 unspecified atom stereocenters. The second-order valence-electron chi connectivity index (χ2n) is 4.44. The summed E-state index contributed by atoms with van der Waals surface area (Å²) in [5, 5.41) is 5.03. The van der Waals surface area contributed by atoms with Crippen LogP contribution in [0.3, 0.4) is 0 Å². The molecule has 0 spiro atoms. The molecule has 0 aliphatic heterocycles. The van der Waals surface area contributed by atoms with Gasteiger partial charge in [-0.15, -0.1) is 0 Å². The summed E-state index contributed by atoms with van der Waals surface area (Å²) in [5.74, 6) is 0.575. The minimum Gasteiger partial charge on any atom is -0.341 e. The van der Waals surface area contributed by atoms with Gasteiger partial charge in [0.2, 0.25) is 0 Å². The van der Waals surface area contributed by atoms with Crippen molar-refractivity contribution in [2.75, 3.05) is 7.05 Å². The molecule has 1 aromatic carbocycles. The van der Waals surface area contributed by atoms with Crippen molar-refractivity contribution in [3.63, 3.8) is 0 Å². The van der Waals surface area contributed by atoms with E-state index in [0.29, 0.717) is 5.82 Å². The Kier molecular flexibility index (Phi) is 3.14. The molecule has 98 valence electrons. The Morgan fingerprint density at radius 2 is 1.94 bits per heavy atom. The van der Waals surface area contributed by atoms with E-state index in [1.165, 1.54) is 7.05 Å². The smallest absolute Gasteiger partial charge is 0.277 e. The van der Waals surface area contributed by atoms with Crippen molar-refractivity contribution in [2.24, 2.45) is 5.14 Å². The molecular weight excluding hydrogens is 252 g/mol. The Bertz CT molecular complexity index is 651. The molecule has 0 amide bonds. The number of nitrogens with zero attached hydrogens (tertiary/aromatic N) is 2. The largest absolute Gasteiger partial charge is 0.341 e. The van der Waals surface area contributed by atoms with Crippen molar-refractivity contribution >= 4 is 21.2 Å². The number of hydrogen-bond donors (Lipinski definition) is 2. The van der Waals surface area contributed by atoms with E-state index in [1.807, 2.05) is 26.0 Å². The van der Waals surface area contributed by atoms with Crippen LogP contribution < -0.4 is 5.14 Å². The molecule has 0 saturated carbocycles. The summed E-state index contributed by atoms with van der Waals surface area (Å²) in [4.78, 5) is 7.44. The SMILES string of the molecule is Cc1cc2nc(CN(C)S(N)(=O)=O)[nH]c2cc1C. The lowest BCUT2D eigenvalue weighted by atomic mass is 10.1. The monoisotopic (exact) mass is 268 g/mol. The molecule has 18 heavy (non-hydrogen) atoms. The van der Waals surface area contributed by atoms with E-state index >= 15 is 0 Å². The van der Waals surface area contributed by atoms with Gasteiger partial charge >= 0.3 is 0 Å². The average molecular weight is 268 g/mol. The van der Waals surface area contributed by atoms with Crippen LogP contribution in [0.2, 0.25) is 0 Å². The molecule has 0 bridgehead atoms. The molecule has 2 aromatic rings. The number of imidazole rings is 1. The maximum absolute atomic E-state index is 11.1. The molecule has 6 nitrogen and oxygen atoms in total. The van der Waals surface area contributed by atoms with Gasteiger partial charge in [0.25, 0.3) is 10.2 Å². The molecule has 1 heterocycles. The lowest BCUT2D eigenvalue weighted by Crippen LogP contribution is -2.33. The highest BCUT2D eigenvalue weighted by Gasteiger charge is 2.14. The van der Waals surface area contributed by atoms with Gasteiger partial charge in [0.05, 0.1) is 17.6 Å². The molecule has 0 fully saturated rings. The zero-order valence-electron chi connectivity index (χ0n) is 10.6. The van der Waals surface area contributed by atoms with Gasteiger partial charge in [-0.05, 0) is 37.1 Å². The highest BCUT2D eigenvalue weighted by Crippen LogP contribution is 2.17. The first-order chi connectivity index (χ1) is 8.27. The van der Waals surface area contributed by atoms with E-state index in [4.69, 9.17) is 5.14 Å². The van der Waals surface area contributed by atoms with Gasteiger partial charge in [-0.2, -0.15) is 12.7 Å². The highest BCUT2D eigenvalue weighted by atomic mass is 32.2. The summed E-state index contributed by atoms with van der Waals surface area (Å²) in [7, 11) is -2.27. The molecule has 7 heteroatoms. The van der Waals surface area contributed by atoms with Crippen LogP contribution in [0.1, 0.15) is 17.0 Å². The third-order valence-corrected chi connectivity index (χ3v) is 3.95. The van der Waals surface area contributed by atoms with E-state index in [2.05, 4.69) is 9.97 Å². The Hall–Kier alpha value is -1.44. The summed E-state index contributed by atoms with van der Waals surface area (Å²) < 4.78 is 23.3. The first-order valence-corrected chi connectivity index (χ1v) is 6.97. The van der Waals surface area contributed by atoms with Crippen LogP contribution in [-0.4, -0.2) is 29.7 Å². The van der Waals surface area contributed by atoms with Crippen molar-refractivity contribution in [3.8, 4) is 0 Å². The molecule has 1 aromatic heterocycles. The van der Waals surface area contributed by atoms with Gasteiger partial charge < -0.3 is 4.98 Å². The van der Waals surface area contributed by atoms with Crippen LogP contribution in [0.4, 0.5) is 0 Å². The molecule has 0 saturated heterocycles. The lowest BCUT2D eigenvalue weighted by Gasteiger charge is -2.10. The van der Waals surface area contributed by atoms with Crippen molar-refractivity contribution in [1.82, 2.24) is 14.3 Å². The number of H-pyrrole nitrogens is 1. The number of nitrogens with one attached hydrogen (secondary N) is 1. The number of benzene rings is 1. The number of rotatable bonds is 3. The highest BCUT2D eigenvalue weighted by molar-refractivity contribution is 7.86. The number of aromatic amines is 1. The summed E-state index contributed by atoms with van der Waals surface area (Å²) in [5.41, 5.74) is 4.05. The minimum absolute atomic E-state index is 0.131. The van der Waals surface area contributed by atoms with Gasteiger partial charge in [0.15, 0.2) is 0 Å². The predicted octanol–water partition coefficient (Wildman–Crippen LogP) is 0.815. The normalized spacial score (nSPS) is 12.5. The Labute approximate surface area is 106 Å². The number of aryl methyl sites for hydroxylation is 2. The molecule has 2 rings (SSSR count). The maximum Gasteiger partial charge on any atom is 0.277 e. The van der Waals surface area contributed by atoms with Gasteiger partial charge in [-0.25, -0.2) is 10.1 Å². The lowest BCUT2D eigenvalue weighted by molar-refractivity contribution is 0.460.